The molecular weight excluding hydrogens is 312 g/mol. The summed E-state index contributed by atoms with van der Waals surface area (Å²) in [4.78, 5) is 7.15. The number of aromatic nitrogens is 1. The number of benzene rings is 1. The van der Waals surface area contributed by atoms with Gasteiger partial charge in [-0.05, 0) is 30.7 Å². The quantitative estimate of drug-likeness (QED) is 0.769. The number of rotatable bonds is 4. The zero-order valence-corrected chi connectivity index (χ0v) is 12.9. The van der Waals surface area contributed by atoms with Crippen LogP contribution in [-0.4, -0.2) is 23.4 Å². The molecule has 2 rings (SSSR count). The SMILES string of the molecule is CC(Br)CCN(C)c1ccnc2cc(Cl)ccc12. The first-order valence-corrected chi connectivity index (χ1v) is 7.27. The normalized spacial score (nSPS) is 12.7. The van der Waals surface area contributed by atoms with Crippen molar-refractivity contribution in [2.24, 2.45) is 0 Å². The lowest BCUT2D eigenvalue weighted by molar-refractivity contribution is 0.789. The van der Waals surface area contributed by atoms with E-state index in [-0.39, 0.29) is 0 Å². The van der Waals surface area contributed by atoms with Crippen LogP contribution in [0, 0.1) is 0 Å². The molecule has 1 aromatic heterocycles. The third-order valence-electron chi connectivity index (χ3n) is 2.96. The van der Waals surface area contributed by atoms with Gasteiger partial charge in [0.15, 0.2) is 0 Å². The Labute approximate surface area is 121 Å². The van der Waals surface area contributed by atoms with E-state index in [1.54, 1.807) is 0 Å². The summed E-state index contributed by atoms with van der Waals surface area (Å²) >= 11 is 9.57. The number of anilines is 1. The fourth-order valence-corrected chi connectivity index (χ4v) is 2.30. The van der Waals surface area contributed by atoms with E-state index in [1.165, 1.54) is 5.69 Å². The Balaban J connectivity index is 2.32. The van der Waals surface area contributed by atoms with Crippen molar-refractivity contribution in [2.75, 3.05) is 18.5 Å². The number of alkyl halides is 1. The molecule has 0 saturated heterocycles. The monoisotopic (exact) mass is 326 g/mol. The maximum Gasteiger partial charge on any atom is 0.0737 e. The van der Waals surface area contributed by atoms with Crippen LogP contribution in [0.4, 0.5) is 5.69 Å². The van der Waals surface area contributed by atoms with Crippen LogP contribution in [0.5, 0.6) is 0 Å². The molecule has 0 aliphatic rings. The molecule has 2 nitrogen and oxygen atoms in total. The number of nitrogens with zero attached hydrogens (tertiary/aromatic N) is 2. The second kappa shape index (κ2) is 5.89. The van der Waals surface area contributed by atoms with Crippen molar-refractivity contribution in [1.29, 1.82) is 0 Å². The van der Waals surface area contributed by atoms with Gasteiger partial charge in [-0.25, -0.2) is 0 Å². The Kier molecular flexibility index (Phi) is 4.46. The average Bonchev–Trinajstić information content (AvgIpc) is 2.34. The second-order valence-corrected chi connectivity index (χ2v) is 6.48. The standard InChI is InChI=1S/C14H16BrClN2/c1-10(15)6-8-18(2)14-5-7-17-13-9-11(16)3-4-12(13)14/h3-5,7,9-10H,6,8H2,1-2H3. The van der Waals surface area contributed by atoms with Crippen molar-refractivity contribution in [3.63, 3.8) is 0 Å². The molecule has 0 fully saturated rings. The molecule has 96 valence electrons. The minimum absolute atomic E-state index is 0.530. The van der Waals surface area contributed by atoms with Gasteiger partial charge in [-0.3, -0.25) is 4.98 Å². The minimum Gasteiger partial charge on any atom is -0.374 e. The third kappa shape index (κ3) is 3.15. The first kappa shape index (κ1) is 13.6. The minimum atomic E-state index is 0.530. The Hall–Kier alpha value is -0.800. The predicted octanol–water partition coefficient (Wildman–Crippen LogP) is 4.50. The highest BCUT2D eigenvalue weighted by atomic mass is 79.9. The highest BCUT2D eigenvalue weighted by molar-refractivity contribution is 9.09. The van der Waals surface area contributed by atoms with Crippen molar-refractivity contribution in [3.8, 4) is 0 Å². The molecule has 0 aliphatic heterocycles. The van der Waals surface area contributed by atoms with Crippen molar-refractivity contribution >= 4 is 44.1 Å². The Morgan fingerprint density at radius 1 is 1.39 bits per heavy atom. The summed E-state index contributed by atoms with van der Waals surface area (Å²) < 4.78 is 0. The fraction of sp³-hybridized carbons (Fsp3) is 0.357. The van der Waals surface area contributed by atoms with Crippen LogP contribution in [0.3, 0.4) is 0 Å². The molecule has 0 aliphatic carbocycles. The average molecular weight is 328 g/mol. The van der Waals surface area contributed by atoms with Gasteiger partial charge in [-0.1, -0.05) is 34.5 Å². The van der Waals surface area contributed by atoms with E-state index < -0.39 is 0 Å². The summed E-state index contributed by atoms with van der Waals surface area (Å²) in [5.74, 6) is 0. The Morgan fingerprint density at radius 3 is 2.89 bits per heavy atom. The number of hydrogen-bond acceptors (Lipinski definition) is 2. The topological polar surface area (TPSA) is 16.1 Å². The molecule has 4 heteroatoms. The summed E-state index contributed by atoms with van der Waals surface area (Å²) in [6, 6.07) is 7.90. The van der Waals surface area contributed by atoms with E-state index in [0.717, 1.165) is 28.9 Å². The Bertz CT molecular complexity index is 542. The first-order chi connectivity index (χ1) is 8.58. The van der Waals surface area contributed by atoms with E-state index in [2.05, 4.69) is 45.9 Å². The van der Waals surface area contributed by atoms with Gasteiger partial charge < -0.3 is 4.90 Å². The number of hydrogen-bond donors (Lipinski definition) is 0. The van der Waals surface area contributed by atoms with Crippen LogP contribution in [0.25, 0.3) is 10.9 Å². The molecule has 1 atom stereocenters. The molecule has 0 spiro atoms. The van der Waals surface area contributed by atoms with Crippen LogP contribution in [0.2, 0.25) is 5.02 Å². The molecule has 1 aromatic carbocycles. The fourth-order valence-electron chi connectivity index (χ4n) is 1.93. The molecule has 0 bridgehead atoms. The van der Waals surface area contributed by atoms with E-state index in [0.29, 0.717) is 4.83 Å². The predicted molar refractivity (Wildman–Crippen MR) is 83.0 cm³/mol. The van der Waals surface area contributed by atoms with Gasteiger partial charge in [0.05, 0.1) is 5.52 Å². The highest BCUT2D eigenvalue weighted by Crippen LogP contribution is 2.27. The Morgan fingerprint density at radius 2 is 2.17 bits per heavy atom. The third-order valence-corrected chi connectivity index (χ3v) is 3.65. The van der Waals surface area contributed by atoms with E-state index in [1.807, 2.05) is 24.4 Å². The van der Waals surface area contributed by atoms with Crippen molar-refractivity contribution in [2.45, 2.75) is 18.2 Å². The summed E-state index contributed by atoms with van der Waals surface area (Å²) in [6.07, 6.45) is 2.94. The largest absolute Gasteiger partial charge is 0.374 e. The van der Waals surface area contributed by atoms with Crippen LogP contribution in [-0.2, 0) is 0 Å². The lowest BCUT2D eigenvalue weighted by atomic mass is 10.1. The lowest BCUT2D eigenvalue weighted by Gasteiger charge is -2.21. The van der Waals surface area contributed by atoms with Gasteiger partial charge in [0.1, 0.15) is 0 Å². The van der Waals surface area contributed by atoms with E-state index in [4.69, 9.17) is 11.6 Å². The molecule has 18 heavy (non-hydrogen) atoms. The van der Waals surface area contributed by atoms with Gasteiger partial charge in [-0.15, -0.1) is 0 Å². The van der Waals surface area contributed by atoms with Gasteiger partial charge in [-0.2, -0.15) is 0 Å². The molecule has 1 heterocycles. The zero-order chi connectivity index (χ0) is 13.1. The van der Waals surface area contributed by atoms with Crippen LogP contribution >= 0.6 is 27.5 Å². The molecule has 1 unspecified atom stereocenters. The number of halogens is 2. The zero-order valence-electron chi connectivity index (χ0n) is 10.5. The number of fused-ring (bicyclic) bond motifs is 1. The lowest BCUT2D eigenvalue weighted by Crippen LogP contribution is -2.20. The van der Waals surface area contributed by atoms with Crippen LogP contribution < -0.4 is 4.90 Å². The van der Waals surface area contributed by atoms with E-state index in [9.17, 15) is 0 Å². The summed E-state index contributed by atoms with van der Waals surface area (Å²) in [6.45, 7) is 3.17. The summed E-state index contributed by atoms with van der Waals surface area (Å²) in [5.41, 5.74) is 2.14. The number of pyridine rings is 1. The molecule has 0 saturated carbocycles. The highest BCUT2D eigenvalue weighted by Gasteiger charge is 2.08. The van der Waals surface area contributed by atoms with Crippen LogP contribution in [0.15, 0.2) is 30.5 Å². The van der Waals surface area contributed by atoms with Gasteiger partial charge in [0.25, 0.3) is 0 Å². The summed E-state index contributed by atoms with van der Waals surface area (Å²) in [7, 11) is 2.11. The van der Waals surface area contributed by atoms with Crippen molar-refractivity contribution in [3.05, 3.63) is 35.5 Å². The molecule has 0 amide bonds. The maximum absolute atomic E-state index is 5.99. The molecule has 2 aromatic rings. The van der Waals surface area contributed by atoms with Crippen molar-refractivity contribution < 1.29 is 0 Å². The van der Waals surface area contributed by atoms with E-state index >= 15 is 0 Å². The van der Waals surface area contributed by atoms with Gasteiger partial charge in [0.2, 0.25) is 0 Å². The maximum atomic E-state index is 5.99. The van der Waals surface area contributed by atoms with Gasteiger partial charge in [0, 0.05) is 40.7 Å². The summed E-state index contributed by atoms with van der Waals surface area (Å²) in [5, 5.41) is 1.87. The van der Waals surface area contributed by atoms with Gasteiger partial charge >= 0.3 is 0 Å². The molecular formula is C14H16BrClN2. The second-order valence-electron chi connectivity index (χ2n) is 4.48. The van der Waals surface area contributed by atoms with Crippen molar-refractivity contribution in [1.82, 2.24) is 4.98 Å². The molecule has 0 radical (unpaired) electrons. The smallest absolute Gasteiger partial charge is 0.0737 e. The first-order valence-electron chi connectivity index (χ1n) is 5.97. The molecule has 0 N–H and O–H groups in total. The van der Waals surface area contributed by atoms with Crippen LogP contribution in [0.1, 0.15) is 13.3 Å².